The predicted octanol–water partition coefficient (Wildman–Crippen LogP) is 6.28. The van der Waals surface area contributed by atoms with E-state index in [1.807, 2.05) is 43.3 Å². The summed E-state index contributed by atoms with van der Waals surface area (Å²) in [4.78, 5) is 16.9. The van der Waals surface area contributed by atoms with Crippen LogP contribution >= 0.6 is 27.5 Å². The van der Waals surface area contributed by atoms with Gasteiger partial charge in [-0.2, -0.15) is 0 Å². The Morgan fingerprint density at radius 3 is 2.30 bits per heavy atom. The number of aryl methyl sites for hydroxylation is 1. The summed E-state index contributed by atoms with van der Waals surface area (Å²) >= 11 is 9.35. The van der Waals surface area contributed by atoms with Gasteiger partial charge in [-0.25, -0.2) is 4.99 Å². The maximum Gasteiger partial charge on any atom is 0.275 e. The highest BCUT2D eigenvalue weighted by atomic mass is 79.9. The van der Waals surface area contributed by atoms with Gasteiger partial charge in [-0.05, 0) is 73.2 Å². The molecule has 1 heterocycles. The molecule has 0 saturated heterocycles. The maximum atomic E-state index is 12.3. The fourth-order valence-corrected chi connectivity index (χ4v) is 3.56. The Balaban J connectivity index is 1.60. The van der Waals surface area contributed by atoms with Crippen molar-refractivity contribution in [2.75, 3.05) is 5.32 Å². The predicted molar refractivity (Wildman–Crippen MR) is 112 cm³/mol. The molecular weight excluding hydrogens is 428 g/mol. The third kappa shape index (κ3) is 3.75. The van der Waals surface area contributed by atoms with Crippen LogP contribution < -0.4 is 10.1 Å². The zero-order valence-corrected chi connectivity index (χ0v) is 16.6. The van der Waals surface area contributed by atoms with Crippen molar-refractivity contribution in [3.8, 4) is 11.5 Å². The van der Waals surface area contributed by atoms with E-state index >= 15 is 0 Å². The highest BCUT2D eigenvalue weighted by Crippen LogP contribution is 2.32. The topological polar surface area (TPSA) is 50.7 Å². The molecule has 0 spiro atoms. The lowest BCUT2D eigenvalue weighted by Crippen LogP contribution is -2.13. The first kappa shape index (κ1) is 17.8. The van der Waals surface area contributed by atoms with Crippen LogP contribution in [0.1, 0.15) is 11.1 Å². The van der Waals surface area contributed by atoms with Crippen LogP contribution in [0.5, 0.6) is 11.5 Å². The van der Waals surface area contributed by atoms with Crippen LogP contribution in [0.2, 0.25) is 5.02 Å². The number of carbonyl (C=O) groups is 1. The molecule has 0 unspecified atom stereocenters. The first-order chi connectivity index (χ1) is 13.0. The van der Waals surface area contributed by atoms with Crippen molar-refractivity contribution in [2.45, 2.75) is 6.92 Å². The maximum absolute atomic E-state index is 12.3. The summed E-state index contributed by atoms with van der Waals surface area (Å²) in [7, 11) is 0. The molecule has 0 radical (unpaired) electrons. The van der Waals surface area contributed by atoms with E-state index in [0.29, 0.717) is 27.9 Å². The molecule has 3 aromatic rings. The molecule has 4 rings (SSSR count). The van der Waals surface area contributed by atoms with Gasteiger partial charge in [0.25, 0.3) is 5.91 Å². The van der Waals surface area contributed by atoms with E-state index in [1.54, 1.807) is 24.3 Å². The number of anilines is 1. The molecule has 27 heavy (non-hydrogen) atoms. The van der Waals surface area contributed by atoms with Gasteiger partial charge in [0.2, 0.25) is 0 Å². The number of nitrogens with one attached hydrogen (secondary N) is 1. The van der Waals surface area contributed by atoms with E-state index in [0.717, 1.165) is 21.3 Å². The van der Waals surface area contributed by atoms with Gasteiger partial charge in [0, 0.05) is 15.1 Å². The summed E-state index contributed by atoms with van der Waals surface area (Å²) in [6, 6.07) is 18.3. The van der Waals surface area contributed by atoms with Gasteiger partial charge in [0.05, 0.1) is 11.4 Å². The number of ether oxygens (including phenoxy) is 1. The summed E-state index contributed by atoms with van der Waals surface area (Å²) in [5.41, 5.74) is 3.68. The van der Waals surface area contributed by atoms with Gasteiger partial charge in [-0.3, -0.25) is 4.79 Å². The van der Waals surface area contributed by atoms with E-state index in [4.69, 9.17) is 16.3 Å². The van der Waals surface area contributed by atoms with E-state index in [1.165, 1.54) is 0 Å². The van der Waals surface area contributed by atoms with Gasteiger partial charge >= 0.3 is 0 Å². The zero-order chi connectivity index (χ0) is 19.0. The fraction of sp³-hybridized carbons (Fsp3) is 0.0476. The second-order valence-electron chi connectivity index (χ2n) is 6.11. The molecule has 0 aliphatic carbocycles. The van der Waals surface area contributed by atoms with Gasteiger partial charge in [-0.1, -0.05) is 27.5 Å². The largest absolute Gasteiger partial charge is 0.457 e. The molecule has 0 bridgehead atoms. The number of rotatable bonds is 3. The van der Waals surface area contributed by atoms with Crippen LogP contribution in [0, 0.1) is 6.92 Å². The number of amides is 1. The quantitative estimate of drug-likeness (QED) is 0.520. The summed E-state index contributed by atoms with van der Waals surface area (Å²) in [6.07, 6.45) is 0. The molecule has 6 heteroatoms. The molecule has 1 amide bonds. The molecule has 4 nitrogen and oxygen atoms in total. The molecule has 1 N–H and O–H groups in total. The molecule has 0 saturated carbocycles. The van der Waals surface area contributed by atoms with E-state index < -0.39 is 0 Å². The van der Waals surface area contributed by atoms with Gasteiger partial charge in [-0.15, -0.1) is 0 Å². The zero-order valence-electron chi connectivity index (χ0n) is 14.3. The number of hydrogen-bond donors (Lipinski definition) is 1. The van der Waals surface area contributed by atoms with Crippen LogP contribution in [0.25, 0.3) is 0 Å². The van der Waals surface area contributed by atoms with E-state index in [9.17, 15) is 4.79 Å². The van der Waals surface area contributed by atoms with Crippen molar-refractivity contribution >= 4 is 50.5 Å². The summed E-state index contributed by atoms with van der Waals surface area (Å²) < 4.78 is 6.69. The van der Waals surface area contributed by atoms with Crippen molar-refractivity contribution in [1.29, 1.82) is 0 Å². The van der Waals surface area contributed by atoms with Crippen molar-refractivity contribution in [3.63, 3.8) is 0 Å². The van der Waals surface area contributed by atoms with Crippen molar-refractivity contribution in [2.24, 2.45) is 4.99 Å². The van der Waals surface area contributed by atoms with E-state index in [2.05, 4.69) is 26.2 Å². The highest BCUT2D eigenvalue weighted by Gasteiger charge is 2.27. The van der Waals surface area contributed by atoms with Gasteiger partial charge in [0.15, 0.2) is 0 Å². The molecule has 3 aromatic carbocycles. The number of aliphatic imine (C=N–C) groups is 1. The van der Waals surface area contributed by atoms with Crippen LogP contribution in [-0.2, 0) is 4.79 Å². The Bertz CT molecular complexity index is 1060. The Labute approximate surface area is 170 Å². The minimum Gasteiger partial charge on any atom is -0.457 e. The van der Waals surface area contributed by atoms with Crippen molar-refractivity contribution in [3.05, 3.63) is 81.3 Å². The molecule has 1 aliphatic heterocycles. The number of nitrogens with zero attached hydrogens (tertiary/aromatic N) is 1. The summed E-state index contributed by atoms with van der Waals surface area (Å²) in [6.45, 7) is 1.95. The second-order valence-corrected chi connectivity index (χ2v) is 7.46. The van der Waals surface area contributed by atoms with Gasteiger partial charge < -0.3 is 10.1 Å². The highest BCUT2D eigenvalue weighted by molar-refractivity contribution is 9.10. The average Bonchev–Trinajstić information content (AvgIpc) is 2.95. The Morgan fingerprint density at radius 2 is 1.63 bits per heavy atom. The SMILES string of the molecule is Cc1cc(Br)cc2c1NC(=O)C2=Nc1ccc(Oc2ccc(Cl)cc2)cc1. The third-order valence-electron chi connectivity index (χ3n) is 4.14. The Kier molecular flexibility index (Phi) is 4.72. The van der Waals surface area contributed by atoms with Crippen LogP contribution in [0.15, 0.2) is 70.1 Å². The normalized spacial score (nSPS) is 14.2. The number of halogens is 2. The van der Waals surface area contributed by atoms with Crippen LogP contribution in [0.3, 0.4) is 0 Å². The molecular formula is C21H14BrClN2O2. The number of benzene rings is 3. The molecule has 0 atom stereocenters. The number of hydrogen-bond acceptors (Lipinski definition) is 3. The van der Waals surface area contributed by atoms with Crippen molar-refractivity contribution in [1.82, 2.24) is 0 Å². The standard InChI is InChI=1S/C21H14BrClN2O2/c1-12-10-13(22)11-18-19(12)25-21(26)20(18)24-15-4-8-17(9-5-15)27-16-6-2-14(23)3-7-16/h2-11H,1H3,(H,24,25,26). The number of carbonyl (C=O) groups excluding carboxylic acids is 1. The van der Waals surface area contributed by atoms with Crippen LogP contribution in [0.4, 0.5) is 11.4 Å². The number of fused-ring (bicyclic) bond motifs is 1. The first-order valence-electron chi connectivity index (χ1n) is 8.23. The third-order valence-corrected chi connectivity index (χ3v) is 4.85. The van der Waals surface area contributed by atoms with Crippen LogP contribution in [-0.4, -0.2) is 11.6 Å². The smallest absolute Gasteiger partial charge is 0.275 e. The first-order valence-corrected chi connectivity index (χ1v) is 9.41. The van der Waals surface area contributed by atoms with Gasteiger partial charge in [0.1, 0.15) is 17.2 Å². The molecule has 0 fully saturated rings. The minimum absolute atomic E-state index is 0.201. The minimum atomic E-state index is -0.201. The molecule has 1 aliphatic rings. The summed E-state index contributed by atoms with van der Waals surface area (Å²) in [5, 5.41) is 3.54. The lowest BCUT2D eigenvalue weighted by molar-refractivity contribution is -0.110. The fourth-order valence-electron chi connectivity index (χ4n) is 2.86. The Hall–Kier alpha value is -2.63. The Morgan fingerprint density at radius 1 is 1.00 bits per heavy atom. The lowest BCUT2D eigenvalue weighted by atomic mass is 10.1. The average molecular weight is 442 g/mol. The second kappa shape index (κ2) is 7.18. The lowest BCUT2D eigenvalue weighted by Gasteiger charge is -2.06. The summed E-state index contributed by atoms with van der Waals surface area (Å²) in [5.74, 6) is 1.17. The molecule has 0 aromatic heterocycles. The molecule has 134 valence electrons. The van der Waals surface area contributed by atoms with E-state index in [-0.39, 0.29) is 5.91 Å². The monoisotopic (exact) mass is 440 g/mol. The van der Waals surface area contributed by atoms with Crippen molar-refractivity contribution < 1.29 is 9.53 Å².